The Hall–Kier alpha value is -1.84. The molecule has 0 spiro atoms. The lowest BCUT2D eigenvalue weighted by molar-refractivity contribution is -0.154. The van der Waals surface area contributed by atoms with Crippen molar-refractivity contribution in [2.45, 2.75) is 52.2 Å². The van der Waals surface area contributed by atoms with Gasteiger partial charge in [-0.2, -0.15) is 0 Å². The number of carbonyl (C=O) groups excluding carboxylic acids is 2. The fraction of sp³-hybridized carbons (Fsp3) is 0.529. The first kappa shape index (κ1) is 15.5. The maximum atomic E-state index is 12.7. The number of carbonyl (C=O) groups is 2. The van der Waals surface area contributed by atoms with Crippen molar-refractivity contribution in [2.75, 3.05) is 0 Å². The van der Waals surface area contributed by atoms with Gasteiger partial charge in [0.25, 0.3) is 0 Å². The zero-order valence-corrected chi connectivity index (χ0v) is 13.2. The molecule has 1 aliphatic heterocycles. The van der Waals surface area contributed by atoms with Gasteiger partial charge in [-0.3, -0.25) is 9.59 Å². The summed E-state index contributed by atoms with van der Waals surface area (Å²) in [6, 6.07) is 8.96. The van der Waals surface area contributed by atoms with E-state index in [9.17, 15) is 9.59 Å². The van der Waals surface area contributed by atoms with Gasteiger partial charge in [0.05, 0.1) is 6.04 Å². The van der Waals surface area contributed by atoms with Gasteiger partial charge in [0, 0.05) is 0 Å². The van der Waals surface area contributed by atoms with Crippen LogP contribution in [0.2, 0.25) is 0 Å². The Morgan fingerprint density at radius 2 is 1.76 bits per heavy atom. The zero-order chi connectivity index (χ0) is 15.6. The molecule has 4 heteroatoms. The minimum absolute atomic E-state index is 0.0205. The molecule has 1 N–H and O–H groups in total. The first-order valence-corrected chi connectivity index (χ1v) is 7.64. The van der Waals surface area contributed by atoms with E-state index in [-0.39, 0.29) is 23.8 Å². The predicted molar refractivity (Wildman–Crippen MR) is 82.6 cm³/mol. The molecule has 0 saturated carbocycles. The molecule has 3 atom stereocenters. The molecule has 0 aromatic heterocycles. The summed E-state index contributed by atoms with van der Waals surface area (Å²) in [6.45, 7) is 7.88. The summed E-state index contributed by atoms with van der Waals surface area (Å²) in [7, 11) is 0. The summed E-state index contributed by atoms with van der Waals surface area (Å²) in [4.78, 5) is 26.9. The second-order valence-corrected chi connectivity index (χ2v) is 5.99. The lowest BCUT2D eigenvalue weighted by Gasteiger charge is -2.44. The Bertz CT molecular complexity index is 513. The van der Waals surface area contributed by atoms with Gasteiger partial charge >= 0.3 is 0 Å². The van der Waals surface area contributed by atoms with Crippen molar-refractivity contribution in [2.24, 2.45) is 5.92 Å². The Balaban J connectivity index is 2.38. The monoisotopic (exact) mass is 288 g/mol. The zero-order valence-electron chi connectivity index (χ0n) is 13.2. The Morgan fingerprint density at radius 3 is 2.29 bits per heavy atom. The second-order valence-electron chi connectivity index (χ2n) is 5.99. The van der Waals surface area contributed by atoms with E-state index in [4.69, 9.17) is 0 Å². The topological polar surface area (TPSA) is 49.4 Å². The SMILES string of the molecule is CCC1NC(=O)C(C(C)C)N(C(C)c2ccccc2)C1=O. The first-order chi connectivity index (χ1) is 9.97. The van der Waals surface area contributed by atoms with E-state index in [1.54, 1.807) is 4.90 Å². The molecule has 114 valence electrons. The van der Waals surface area contributed by atoms with Crippen LogP contribution in [0.15, 0.2) is 30.3 Å². The van der Waals surface area contributed by atoms with E-state index >= 15 is 0 Å². The molecule has 1 heterocycles. The summed E-state index contributed by atoms with van der Waals surface area (Å²) in [5.41, 5.74) is 1.06. The van der Waals surface area contributed by atoms with Crippen molar-refractivity contribution in [1.82, 2.24) is 10.2 Å². The number of hydrogen-bond donors (Lipinski definition) is 1. The quantitative estimate of drug-likeness (QED) is 0.925. The fourth-order valence-corrected chi connectivity index (χ4v) is 2.99. The molecule has 2 amide bonds. The van der Waals surface area contributed by atoms with Crippen LogP contribution < -0.4 is 5.32 Å². The predicted octanol–water partition coefficient (Wildman–Crippen LogP) is 2.51. The van der Waals surface area contributed by atoms with Crippen molar-refractivity contribution in [3.8, 4) is 0 Å². The van der Waals surface area contributed by atoms with Gasteiger partial charge < -0.3 is 10.2 Å². The van der Waals surface area contributed by atoms with Crippen molar-refractivity contribution >= 4 is 11.8 Å². The van der Waals surface area contributed by atoms with Gasteiger partial charge in [-0.15, -0.1) is 0 Å². The average molecular weight is 288 g/mol. The summed E-state index contributed by atoms with van der Waals surface area (Å²) in [5.74, 6) is 0.0595. The number of piperazine rings is 1. The normalized spacial score (nSPS) is 24.1. The molecule has 1 aliphatic rings. The van der Waals surface area contributed by atoms with Crippen LogP contribution in [0.1, 0.15) is 45.7 Å². The maximum absolute atomic E-state index is 12.7. The van der Waals surface area contributed by atoms with Crippen molar-refractivity contribution in [1.29, 1.82) is 0 Å². The molecule has 21 heavy (non-hydrogen) atoms. The van der Waals surface area contributed by atoms with Crippen LogP contribution >= 0.6 is 0 Å². The van der Waals surface area contributed by atoms with Crippen LogP contribution in [0.25, 0.3) is 0 Å². The summed E-state index contributed by atoms with van der Waals surface area (Å²) < 4.78 is 0. The molecule has 0 radical (unpaired) electrons. The standard InChI is InChI=1S/C17H24N2O2/c1-5-14-17(21)19(15(11(2)3)16(20)18-14)12(4)13-9-7-6-8-10-13/h6-12,14-15H,5H2,1-4H3,(H,18,20). The van der Waals surface area contributed by atoms with Gasteiger partial charge in [0.2, 0.25) is 11.8 Å². The smallest absolute Gasteiger partial charge is 0.246 e. The first-order valence-electron chi connectivity index (χ1n) is 7.64. The molecule has 1 aromatic carbocycles. The Labute approximate surface area is 126 Å². The third-order valence-electron chi connectivity index (χ3n) is 4.18. The third-order valence-corrected chi connectivity index (χ3v) is 4.18. The molecule has 0 aliphatic carbocycles. The van der Waals surface area contributed by atoms with E-state index in [1.165, 1.54) is 0 Å². The molecule has 1 saturated heterocycles. The van der Waals surface area contributed by atoms with E-state index in [0.29, 0.717) is 6.42 Å². The largest absolute Gasteiger partial charge is 0.343 e. The lowest BCUT2D eigenvalue weighted by Crippen LogP contribution is -2.64. The molecule has 1 fully saturated rings. The van der Waals surface area contributed by atoms with Crippen molar-refractivity contribution in [3.05, 3.63) is 35.9 Å². The number of nitrogens with one attached hydrogen (secondary N) is 1. The number of nitrogens with zero attached hydrogens (tertiary/aromatic N) is 1. The van der Waals surface area contributed by atoms with Gasteiger partial charge in [-0.25, -0.2) is 0 Å². The second kappa shape index (κ2) is 6.29. The van der Waals surface area contributed by atoms with Crippen LogP contribution in [0, 0.1) is 5.92 Å². The Kier molecular flexibility index (Phi) is 4.66. The molecule has 1 aromatic rings. The van der Waals surface area contributed by atoms with Crippen LogP contribution in [-0.2, 0) is 9.59 Å². The summed E-state index contributed by atoms with van der Waals surface area (Å²) >= 11 is 0. The summed E-state index contributed by atoms with van der Waals surface area (Å²) in [6.07, 6.45) is 0.618. The van der Waals surface area contributed by atoms with Crippen LogP contribution in [-0.4, -0.2) is 28.8 Å². The van der Waals surface area contributed by atoms with Crippen LogP contribution in [0.3, 0.4) is 0 Å². The van der Waals surface area contributed by atoms with Crippen LogP contribution in [0.5, 0.6) is 0 Å². The van der Waals surface area contributed by atoms with Gasteiger partial charge in [0.1, 0.15) is 12.1 Å². The Morgan fingerprint density at radius 1 is 1.14 bits per heavy atom. The van der Waals surface area contributed by atoms with Crippen LogP contribution in [0.4, 0.5) is 0 Å². The van der Waals surface area contributed by atoms with E-state index in [0.717, 1.165) is 5.56 Å². The highest BCUT2D eigenvalue weighted by Crippen LogP contribution is 2.29. The van der Waals surface area contributed by atoms with Gasteiger partial charge in [0.15, 0.2) is 0 Å². The summed E-state index contributed by atoms with van der Waals surface area (Å²) in [5, 5.41) is 2.85. The molecular weight excluding hydrogens is 264 g/mol. The molecule has 2 rings (SSSR count). The van der Waals surface area contributed by atoms with E-state index in [1.807, 2.05) is 58.0 Å². The minimum Gasteiger partial charge on any atom is -0.343 e. The number of amides is 2. The lowest BCUT2D eigenvalue weighted by atomic mass is 9.93. The molecule has 4 nitrogen and oxygen atoms in total. The molecule has 3 unspecified atom stereocenters. The number of hydrogen-bond acceptors (Lipinski definition) is 2. The number of benzene rings is 1. The molecule has 0 bridgehead atoms. The van der Waals surface area contributed by atoms with Gasteiger partial charge in [-0.05, 0) is 24.8 Å². The average Bonchev–Trinajstić information content (AvgIpc) is 2.48. The van der Waals surface area contributed by atoms with E-state index in [2.05, 4.69) is 5.32 Å². The fourth-order valence-electron chi connectivity index (χ4n) is 2.99. The maximum Gasteiger partial charge on any atom is 0.246 e. The molecular formula is C17H24N2O2. The van der Waals surface area contributed by atoms with Gasteiger partial charge in [-0.1, -0.05) is 51.1 Å². The number of rotatable bonds is 4. The van der Waals surface area contributed by atoms with Crippen molar-refractivity contribution < 1.29 is 9.59 Å². The third kappa shape index (κ3) is 2.94. The minimum atomic E-state index is -0.407. The highest BCUT2D eigenvalue weighted by Gasteiger charge is 2.43. The van der Waals surface area contributed by atoms with E-state index < -0.39 is 12.1 Å². The van der Waals surface area contributed by atoms with Crippen molar-refractivity contribution in [3.63, 3.8) is 0 Å². The highest BCUT2D eigenvalue weighted by atomic mass is 16.2. The highest BCUT2D eigenvalue weighted by molar-refractivity contribution is 5.97.